The van der Waals surface area contributed by atoms with Crippen molar-refractivity contribution in [3.63, 3.8) is 0 Å². The minimum absolute atomic E-state index is 0.309. The molecule has 0 saturated carbocycles. The van der Waals surface area contributed by atoms with E-state index in [1.165, 1.54) is 26.9 Å². The SMILES string of the molecule is c1ccc2c(c1)NC(c1cccc3ccccc13)S2. The first-order valence-electron chi connectivity index (χ1n) is 6.42. The quantitative estimate of drug-likeness (QED) is 0.659. The van der Waals surface area contributed by atoms with Crippen molar-refractivity contribution in [3.8, 4) is 0 Å². The van der Waals surface area contributed by atoms with Crippen molar-refractivity contribution >= 4 is 28.2 Å². The topological polar surface area (TPSA) is 12.0 Å². The lowest BCUT2D eigenvalue weighted by atomic mass is 10.0. The summed E-state index contributed by atoms with van der Waals surface area (Å²) in [4.78, 5) is 1.33. The fraction of sp³-hybridized carbons (Fsp3) is 0.0588. The molecule has 4 rings (SSSR count). The Morgan fingerprint density at radius 1 is 0.789 bits per heavy atom. The van der Waals surface area contributed by atoms with Crippen molar-refractivity contribution < 1.29 is 0 Å². The fourth-order valence-electron chi connectivity index (χ4n) is 2.61. The number of hydrogen-bond acceptors (Lipinski definition) is 2. The van der Waals surface area contributed by atoms with E-state index in [4.69, 9.17) is 0 Å². The summed E-state index contributed by atoms with van der Waals surface area (Å²) in [6.07, 6.45) is 0. The molecule has 0 spiro atoms. The molecule has 19 heavy (non-hydrogen) atoms. The molecule has 2 heteroatoms. The molecule has 1 N–H and O–H groups in total. The van der Waals surface area contributed by atoms with Crippen LogP contribution in [0.1, 0.15) is 10.9 Å². The van der Waals surface area contributed by atoms with Crippen LogP contribution in [-0.2, 0) is 0 Å². The summed E-state index contributed by atoms with van der Waals surface area (Å²) in [6, 6.07) is 23.6. The molecule has 0 saturated heterocycles. The molecule has 0 fully saturated rings. The van der Waals surface area contributed by atoms with E-state index in [0.29, 0.717) is 5.37 Å². The van der Waals surface area contributed by atoms with Gasteiger partial charge < -0.3 is 5.32 Å². The smallest absolute Gasteiger partial charge is 0.103 e. The van der Waals surface area contributed by atoms with Gasteiger partial charge in [-0.25, -0.2) is 0 Å². The van der Waals surface area contributed by atoms with Crippen LogP contribution in [0.3, 0.4) is 0 Å². The summed E-state index contributed by atoms with van der Waals surface area (Å²) >= 11 is 1.89. The number of benzene rings is 3. The van der Waals surface area contributed by atoms with Crippen LogP contribution >= 0.6 is 11.8 Å². The maximum Gasteiger partial charge on any atom is 0.103 e. The van der Waals surface area contributed by atoms with Gasteiger partial charge in [0.05, 0.1) is 0 Å². The average Bonchev–Trinajstić information content (AvgIpc) is 2.90. The Balaban J connectivity index is 1.81. The second kappa shape index (κ2) is 4.32. The second-order valence-electron chi connectivity index (χ2n) is 4.71. The first-order valence-corrected chi connectivity index (χ1v) is 7.30. The molecular formula is C17H13NS. The Hall–Kier alpha value is -1.93. The maximum absolute atomic E-state index is 3.61. The van der Waals surface area contributed by atoms with Crippen LogP contribution < -0.4 is 5.32 Å². The molecule has 1 aliphatic rings. The van der Waals surface area contributed by atoms with Crippen LogP contribution in [0.25, 0.3) is 10.8 Å². The Kier molecular flexibility index (Phi) is 2.49. The molecule has 1 unspecified atom stereocenters. The van der Waals surface area contributed by atoms with Gasteiger partial charge in [-0.2, -0.15) is 0 Å². The third-order valence-electron chi connectivity index (χ3n) is 3.52. The number of nitrogens with one attached hydrogen (secondary N) is 1. The zero-order valence-corrected chi connectivity index (χ0v) is 11.2. The van der Waals surface area contributed by atoms with E-state index in [1.54, 1.807) is 0 Å². The summed E-state index contributed by atoms with van der Waals surface area (Å²) in [5.74, 6) is 0. The first kappa shape index (κ1) is 10.9. The highest BCUT2D eigenvalue weighted by Gasteiger charge is 2.23. The number of hydrogen-bond donors (Lipinski definition) is 1. The van der Waals surface area contributed by atoms with Gasteiger partial charge in [0.2, 0.25) is 0 Å². The molecule has 3 aromatic rings. The predicted molar refractivity (Wildman–Crippen MR) is 82.6 cm³/mol. The van der Waals surface area contributed by atoms with Crippen molar-refractivity contribution in [1.82, 2.24) is 0 Å². The van der Waals surface area contributed by atoms with E-state index in [9.17, 15) is 0 Å². The summed E-state index contributed by atoms with van der Waals surface area (Å²) in [5.41, 5.74) is 2.60. The highest BCUT2D eigenvalue weighted by Crippen LogP contribution is 2.47. The largest absolute Gasteiger partial charge is 0.368 e. The molecule has 1 heterocycles. The normalized spacial score (nSPS) is 17.2. The van der Waals surface area contributed by atoms with Gasteiger partial charge in [0, 0.05) is 10.6 Å². The van der Waals surface area contributed by atoms with Crippen molar-refractivity contribution in [1.29, 1.82) is 0 Å². The number of rotatable bonds is 1. The molecule has 0 aliphatic carbocycles. The summed E-state index contributed by atoms with van der Waals surface area (Å²) < 4.78 is 0. The summed E-state index contributed by atoms with van der Waals surface area (Å²) in [7, 11) is 0. The van der Waals surface area contributed by atoms with Gasteiger partial charge in [-0.05, 0) is 28.5 Å². The Labute approximate surface area is 116 Å². The van der Waals surface area contributed by atoms with Gasteiger partial charge in [0.25, 0.3) is 0 Å². The van der Waals surface area contributed by atoms with E-state index >= 15 is 0 Å². The lowest BCUT2D eigenvalue weighted by Gasteiger charge is -2.13. The third kappa shape index (κ3) is 1.80. The van der Waals surface area contributed by atoms with Gasteiger partial charge in [-0.3, -0.25) is 0 Å². The van der Waals surface area contributed by atoms with Gasteiger partial charge >= 0.3 is 0 Å². The van der Waals surface area contributed by atoms with Crippen LogP contribution in [0, 0.1) is 0 Å². The number of anilines is 1. The van der Waals surface area contributed by atoms with Crippen LogP contribution in [0.2, 0.25) is 0 Å². The first-order chi connectivity index (χ1) is 9.42. The van der Waals surface area contributed by atoms with Crippen LogP contribution in [0.4, 0.5) is 5.69 Å². The molecular weight excluding hydrogens is 250 g/mol. The lowest BCUT2D eigenvalue weighted by molar-refractivity contribution is 1.15. The number of fused-ring (bicyclic) bond motifs is 2. The third-order valence-corrected chi connectivity index (χ3v) is 4.74. The Morgan fingerprint density at radius 2 is 1.58 bits per heavy atom. The van der Waals surface area contributed by atoms with Gasteiger partial charge in [0.1, 0.15) is 5.37 Å². The molecule has 0 bridgehead atoms. The van der Waals surface area contributed by atoms with E-state index in [-0.39, 0.29) is 0 Å². The number of para-hydroxylation sites is 1. The minimum Gasteiger partial charge on any atom is -0.368 e. The molecule has 0 amide bonds. The molecule has 1 aliphatic heterocycles. The summed E-state index contributed by atoms with van der Waals surface area (Å²) in [6.45, 7) is 0. The predicted octanol–water partition coefficient (Wildman–Crippen LogP) is 5.06. The van der Waals surface area contributed by atoms with Gasteiger partial charge in [0.15, 0.2) is 0 Å². The zero-order chi connectivity index (χ0) is 12.7. The van der Waals surface area contributed by atoms with Crippen molar-refractivity contribution in [2.75, 3.05) is 5.32 Å². The standard InChI is InChI=1S/C17H13NS/c1-2-8-13-12(6-1)7-5-9-14(13)17-18-15-10-3-4-11-16(15)19-17/h1-11,17-18H. The van der Waals surface area contributed by atoms with Crippen molar-refractivity contribution in [2.45, 2.75) is 10.3 Å². The summed E-state index contributed by atoms with van der Waals surface area (Å²) in [5, 5.41) is 6.55. The van der Waals surface area contributed by atoms with Crippen LogP contribution in [-0.4, -0.2) is 0 Å². The van der Waals surface area contributed by atoms with Crippen LogP contribution in [0.5, 0.6) is 0 Å². The highest BCUT2D eigenvalue weighted by molar-refractivity contribution is 8.00. The monoisotopic (exact) mass is 263 g/mol. The number of thioether (sulfide) groups is 1. The van der Waals surface area contributed by atoms with Crippen LogP contribution in [0.15, 0.2) is 71.6 Å². The molecule has 0 radical (unpaired) electrons. The van der Waals surface area contributed by atoms with E-state index in [2.05, 4.69) is 72.0 Å². The van der Waals surface area contributed by atoms with Crippen molar-refractivity contribution in [2.24, 2.45) is 0 Å². The van der Waals surface area contributed by atoms with Crippen molar-refractivity contribution in [3.05, 3.63) is 72.3 Å². The molecule has 1 nitrogen and oxygen atoms in total. The Bertz CT molecular complexity index is 721. The average molecular weight is 263 g/mol. The zero-order valence-electron chi connectivity index (χ0n) is 10.3. The minimum atomic E-state index is 0.309. The second-order valence-corrected chi connectivity index (χ2v) is 5.85. The van der Waals surface area contributed by atoms with E-state index < -0.39 is 0 Å². The molecule has 3 aromatic carbocycles. The maximum atomic E-state index is 3.61. The van der Waals surface area contributed by atoms with Gasteiger partial charge in [-0.15, -0.1) is 0 Å². The van der Waals surface area contributed by atoms with E-state index in [0.717, 1.165) is 0 Å². The Morgan fingerprint density at radius 3 is 2.53 bits per heavy atom. The van der Waals surface area contributed by atoms with Gasteiger partial charge in [-0.1, -0.05) is 66.4 Å². The highest BCUT2D eigenvalue weighted by atomic mass is 32.2. The fourth-order valence-corrected chi connectivity index (χ4v) is 3.79. The molecule has 1 atom stereocenters. The van der Waals surface area contributed by atoms with E-state index in [1.807, 2.05) is 11.8 Å². The lowest BCUT2D eigenvalue weighted by Crippen LogP contribution is -2.01. The molecule has 92 valence electrons. The molecule has 0 aromatic heterocycles.